The summed E-state index contributed by atoms with van der Waals surface area (Å²) in [4.78, 5) is 12.1. The van der Waals surface area contributed by atoms with Gasteiger partial charge in [0.1, 0.15) is 34.8 Å². The Morgan fingerprint density at radius 1 is 1.36 bits per heavy atom. The second-order valence-corrected chi connectivity index (χ2v) is 5.60. The second-order valence-electron chi connectivity index (χ2n) is 5.60. The van der Waals surface area contributed by atoms with Gasteiger partial charge in [0, 0.05) is 24.1 Å². The monoisotopic (exact) mass is 308 g/mol. The van der Waals surface area contributed by atoms with E-state index in [1.807, 2.05) is 0 Å². The molecule has 1 aromatic carbocycles. The van der Waals surface area contributed by atoms with Crippen LogP contribution in [0.1, 0.15) is 18.2 Å². The molecule has 7 heteroatoms. The lowest BCUT2D eigenvalue weighted by molar-refractivity contribution is -0.0842. The van der Waals surface area contributed by atoms with Crippen molar-refractivity contribution in [1.82, 2.24) is 0 Å². The molecular formula is C15H16O7. The van der Waals surface area contributed by atoms with Crippen molar-refractivity contribution in [3.8, 4) is 11.5 Å². The van der Waals surface area contributed by atoms with E-state index in [9.17, 15) is 20.1 Å². The molecule has 1 aliphatic rings. The van der Waals surface area contributed by atoms with Crippen LogP contribution in [-0.4, -0.2) is 38.7 Å². The molecule has 118 valence electrons. The zero-order chi connectivity index (χ0) is 16.1. The highest BCUT2D eigenvalue weighted by molar-refractivity contribution is 5.87. The van der Waals surface area contributed by atoms with Crippen LogP contribution in [0.5, 0.6) is 11.5 Å². The highest BCUT2D eigenvalue weighted by atomic mass is 16.5. The molecule has 0 saturated carbocycles. The summed E-state index contributed by atoms with van der Waals surface area (Å²) in [5.74, 6) is -0.0208. The molecule has 7 nitrogen and oxygen atoms in total. The lowest BCUT2D eigenvalue weighted by Gasteiger charge is -2.38. The summed E-state index contributed by atoms with van der Waals surface area (Å²) in [6.07, 6.45) is -0.993. The Bertz CT molecular complexity index is 795. The molecule has 2 atom stereocenters. The average molecular weight is 308 g/mol. The first-order chi connectivity index (χ1) is 10.4. The van der Waals surface area contributed by atoms with Crippen molar-refractivity contribution in [3.63, 3.8) is 0 Å². The first-order valence-electron chi connectivity index (χ1n) is 6.80. The molecule has 0 bridgehead atoms. The van der Waals surface area contributed by atoms with Gasteiger partial charge in [-0.15, -0.1) is 0 Å². The number of aliphatic hydroxyl groups is 3. The summed E-state index contributed by atoms with van der Waals surface area (Å²) in [5.41, 5.74) is -1.34. The minimum Gasteiger partial charge on any atom is -0.507 e. The predicted molar refractivity (Wildman–Crippen MR) is 75.9 cm³/mol. The SMILES string of the molecule is C[C@@]1(CO)Oc2cc3oc(CO)cc(=O)c3c(O)c2C[C@H]1O. The lowest BCUT2D eigenvalue weighted by atomic mass is 9.89. The fourth-order valence-electron chi connectivity index (χ4n) is 2.60. The van der Waals surface area contributed by atoms with E-state index in [2.05, 4.69) is 0 Å². The molecule has 0 fully saturated rings. The van der Waals surface area contributed by atoms with Gasteiger partial charge in [0.15, 0.2) is 11.0 Å². The van der Waals surface area contributed by atoms with E-state index in [-0.39, 0.29) is 40.2 Å². The Morgan fingerprint density at radius 2 is 2.09 bits per heavy atom. The first-order valence-corrected chi connectivity index (χ1v) is 6.80. The molecule has 4 N–H and O–H groups in total. The normalized spacial score (nSPS) is 24.1. The van der Waals surface area contributed by atoms with E-state index in [0.717, 1.165) is 6.07 Å². The van der Waals surface area contributed by atoms with Gasteiger partial charge in [0.25, 0.3) is 0 Å². The fraction of sp³-hybridized carbons (Fsp3) is 0.400. The van der Waals surface area contributed by atoms with Crippen LogP contribution in [0.3, 0.4) is 0 Å². The Kier molecular flexibility index (Phi) is 3.36. The Labute approximate surface area is 125 Å². The van der Waals surface area contributed by atoms with Gasteiger partial charge >= 0.3 is 0 Å². The number of aromatic hydroxyl groups is 1. The zero-order valence-electron chi connectivity index (χ0n) is 11.9. The van der Waals surface area contributed by atoms with Crippen molar-refractivity contribution < 1.29 is 29.6 Å². The number of aliphatic hydroxyl groups excluding tert-OH is 3. The molecule has 0 unspecified atom stereocenters. The Balaban J connectivity index is 2.27. The van der Waals surface area contributed by atoms with Crippen molar-refractivity contribution in [2.75, 3.05) is 6.61 Å². The van der Waals surface area contributed by atoms with Gasteiger partial charge in [-0.05, 0) is 6.92 Å². The molecule has 0 saturated heterocycles. The third kappa shape index (κ3) is 2.06. The smallest absolute Gasteiger partial charge is 0.196 e. The molecule has 0 radical (unpaired) electrons. The number of rotatable bonds is 2. The number of hydrogen-bond donors (Lipinski definition) is 4. The van der Waals surface area contributed by atoms with Gasteiger partial charge in [-0.3, -0.25) is 4.79 Å². The molecular weight excluding hydrogens is 292 g/mol. The van der Waals surface area contributed by atoms with Gasteiger partial charge in [-0.2, -0.15) is 0 Å². The van der Waals surface area contributed by atoms with E-state index in [1.165, 1.54) is 6.07 Å². The maximum atomic E-state index is 12.1. The third-order valence-electron chi connectivity index (χ3n) is 4.02. The quantitative estimate of drug-likeness (QED) is 0.618. The summed E-state index contributed by atoms with van der Waals surface area (Å²) < 4.78 is 11.0. The van der Waals surface area contributed by atoms with Gasteiger partial charge < -0.3 is 29.6 Å². The van der Waals surface area contributed by atoms with Crippen molar-refractivity contribution in [2.45, 2.75) is 31.7 Å². The van der Waals surface area contributed by atoms with Crippen molar-refractivity contribution in [3.05, 3.63) is 33.7 Å². The van der Waals surface area contributed by atoms with Crippen LogP contribution in [0.4, 0.5) is 0 Å². The van der Waals surface area contributed by atoms with Crippen LogP contribution >= 0.6 is 0 Å². The zero-order valence-corrected chi connectivity index (χ0v) is 11.9. The molecule has 1 aromatic heterocycles. The van der Waals surface area contributed by atoms with Crippen LogP contribution in [0.2, 0.25) is 0 Å². The standard InChI is InChI=1S/C15H16O7/c1-15(6-17)12(19)3-8-10(22-15)4-11-13(14(8)20)9(18)2-7(5-16)21-11/h2,4,12,16-17,19-20H,3,5-6H2,1H3/t12-,15+/m1/s1. The van der Waals surface area contributed by atoms with Gasteiger partial charge in [-0.1, -0.05) is 0 Å². The van der Waals surface area contributed by atoms with Crippen molar-refractivity contribution in [1.29, 1.82) is 0 Å². The minimum absolute atomic E-state index is 0.0284. The molecule has 0 amide bonds. The molecule has 2 aromatic rings. The number of phenolic OH excluding ortho intramolecular Hbond substituents is 1. The van der Waals surface area contributed by atoms with E-state index in [4.69, 9.17) is 14.3 Å². The minimum atomic E-state index is -1.21. The van der Waals surface area contributed by atoms with Crippen LogP contribution in [0.15, 0.2) is 21.3 Å². The van der Waals surface area contributed by atoms with Gasteiger partial charge in [0.05, 0.1) is 12.7 Å². The maximum absolute atomic E-state index is 12.1. The molecule has 22 heavy (non-hydrogen) atoms. The van der Waals surface area contributed by atoms with E-state index in [0.29, 0.717) is 0 Å². The molecule has 1 aliphatic heterocycles. The van der Waals surface area contributed by atoms with Gasteiger partial charge in [-0.25, -0.2) is 0 Å². The summed E-state index contributed by atoms with van der Waals surface area (Å²) in [6, 6.07) is 2.52. The number of benzene rings is 1. The summed E-state index contributed by atoms with van der Waals surface area (Å²) >= 11 is 0. The van der Waals surface area contributed by atoms with Crippen LogP contribution in [0.25, 0.3) is 11.0 Å². The highest BCUT2D eigenvalue weighted by Crippen LogP contribution is 2.41. The molecule has 3 rings (SSSR count). The summed E-state index contributed by atoms with van der Waals surface area (Å²) in [7, 11) is 0. The predicted octanol–water partition coefficient (Wildman–Crippen LogP) is 0.0377. The number of ether oxygens (including phenoxy) is 1. The van der Waals surface area contributed by atoms with E-state index in [1.54, 1.807) is 6.92 Å². The van der Waals surface area contributed by atoms with Crippen molar-refractivity contribution in [2.24, 2.45) is 0 Å². The highest BCUT2D eigenvalue weighted by Gasteiger charge is 2.41. The molecule has 2 heterocycles. The number of phenols is 1. The number of hydrogen-bond acceptors (Lipinski definition) is 7. The Hall–Kier alpha value is -2.09. The van der Waals surface area contributed by atoms with E-state index >= 15 is 0 Å². The summed E-state index contributed by atoms with van der Waals surface area (Å²) in [6.45, 7) is 0.687. The second kappa shape index (κ2) is 4.98. The largest absolute Gasteiger partial charge is 0.507 e. The van der Waals surface area contributed by atoms with Crippen LogP contribution < -0.4 is 10.2 Å². The summed E-state index contributed by atoms with van der Waals surface area (Å²) in [5, 5.41) is 38.9. The average Bonchev–Trinajstić information content (AvgIpc) is 2.49. The molecule has 0 aliphatic carbocycles. The van der Waals surface area contributed by atoms with Crippen molar-refractivity contribution >= 4 is 11.0 Å². The van der Waals surface area contributed by atoms with E-state index < -0.39 is 30.3 Å². The number of fused-ring (bicyclic) bond motifs is 2. The first kappa shape index (κ1) is 14.8. The lowest BCUT2D eigenvalue weighted by Crippen LogP contribution is -2.51. The fourth-order valence-corrected chi connectivity index (χ4v) is 2.60. The Morgan fingerprint density at radius 3 is 2.73 bits per heavy atom. The van der Waals surface area contributed by atoms with Gasteiger partial charge in [0.2, 0.25) is 0 Å². The maximum Gasteiger partial charge on any atom is 0.196 e. The molecule has 0 spiro atoms. The topological polar surface area (TPSA) is 120 Å². The van der Waals surface area contributed by atoms with Crippen LogP contribution in [0, 0.1) is 0 Å². The third-order valence-corrected chi connectivity index (χ3v) is 4.02. The van der Waals surface area contributed by atoms with Crippen LogP contribution in [-0.2, 0) is 13.0 Å².